The van der Waals surface area contributed by atoms with Gasteiger partial charge in [0.25, 0.3) is 0 Å². The van der Waals surface area contributed by atoms with Crippen molar-refractivity contribution in [2.45, 2.75) is 23.6 Å². The first-order chi connectivity index (χ1) is 10.0. The fourth-order valence-corrected chi connectivity index (χ4v) is 3.33. The van der Waals surface area contributed by atoms with Crippen LogP contribution < -0.4 is 0 Å². The average Bonchev–Trinajstić information content (AvgIpc) is 2.41. The third-order valence-corrected chi connectivity index (χ3v) is 4.81. The zero-order valence-electron chi connectivity index (χ0n) is 11.8. The van der Waals surface area contributed by atoms with E-state index in [0.717, 1.165) is 11.1 Å². The Labute approximate surface area is 139 Å². The Kier molecular flexibility index (Phi) is 6.43. The highest BCUT2D eigenvalue weighted by atomic mass is 36.0. The fraction of sp³-hybridized carbons (Fsp3) is 0.143. The Bertz CT molecular complexity index is 838. The van der Waals surface area contributed by atoms with Crippen LogP contribution in [0.2, 0.25) is 0 Å². The minimum atomic E-state index is -3.72. The maximum Gasteiger partial charge on any atom is 0.317 e. The van der Waals surface area contributed by atoms with Gasteiger partial charge in [-0.1, -0.05) is 30.3 Å². The molecule has 2 aromatic carbocycles. The van der Waals surface area contributed by atoms with Crippen LogP contribution in [0.4, 0.5) is 0 Å². The summed E-state index contributed by atoms with van der Waals surface area (Å²) in [5.74, 6) is 0. The molecule has 0 fully saturated rings. The molecule has 120 valence electrons. The molecule has 0 atom stereocenters. The van der Waals surface area contributed by atoms with E-state index < -0.39 is 18.1 Å². The molecule has 0 heterocycles. The number of hydrogen-bond acceptors (Lipinski definition) is 4. The van der Waals surface area contributed by atoms with E-state index in [1.165, 1.54) is 0 Å². The number of halogens is 2. The highest BCUT2D eigenvalue weighted by Gasteiger charge is 2.19. The van der Waals surface area contributed by atoms with Gasteiger partial charge in [0.15, 0.2) is 0 Å². The summed E-state index contributed by atoms with van der Waals surface area (Å²) in [5.41, 5.74) is 1.80. The molecule has 0 radical (unpaired) electrons. The van der Waals surface area contributed by atoms with E-state index in [0.29, 0.717) is 9.79 Å². The molecule has 0 amide bonds. The van der Waals surface area contributed by atoms with Crippen LogP contribution in [-0.2, 0) is 18.1 Å². The van der Waals surface area contributed by atoms with E-state index in [1.54, 1.807) is 36.4 Å². The lowest BCUT2D eigenvalue weighted by atomic mass is 10.1. The normalized spacial score (nSPS) is 11.5. The van der Waals surface area contributed by atoms with Crippen molar-refractivity contribution in [3.63, 3.8) is 0 Å². The van der Waals surface area contributed by atoms with Gasteiger partial charge in [0.1, 0.15) is 0 Å². The number of hydrogen-bond donors (Lipinski definition) is 0. The monoisotopic (exact) mass is 380 g/mol. The third-order valence-electron chi connectivity index (χ3n) is 2.90. The van der Waals surface area contributed by atoms with Gasteiger partial charge in [0, 0.05) is 21.4 Å². The van der Waals surface area contributed by atoms with Crippen LogP contribution in [0.15, 0.2) is 58.3 Å². The zero-order valence-corrected chi connectivity index (χ0v) is 15.0. The summed E-state index contributed by atoms with van der Waals surface area (Å²) in [7, 11) is 1.42. The Morgan fingerprint density at radius 3 is 1.77 bits per heavy atom. The second-order valence-electron chi connectivity index (χ2n) is 4.39. The van der Waals surface area contributed by atoms with E-state index in [2.05, 4.69) is 21.4 Å². The van der Waals surface area contributed by atoms with E-state index in [4.69, 9.17) is 8.42 Å². The van der Waals surface area contributed by atoms with E-state index in [9.17, 15) is 8.42 Å². The molecule has 0 unspecified atom stereocenters. The van der Waals surface area contributed by atoms with Crippen LogP contribution in [0.5, 0.6) is 0 Å². The smallest absolute Gasteiger partial charge is 0.219 e. The van der Waals surface area contributed by atoms with Crippen LogP contribution in [0.25, 0.3) is 0 Å². The van der Waals surface area contributed by atoms with Crippen molar-refractivity contribution >= 4 is 39.5 Å². The maximum atomic E-state index is 12.4. The van der Waals surface area contributed by atoms with Crippen LogP contribution in [0, 0.1) is 13.8 Å². The van der Waals surface area contributed by atoms with Gasteiger partial charge in [-0.05, 0) is 43.2 Å². The van der Waals surface area contributed by atoms with Gasteiger partial charge < -0.3 is 0 Å². The van der Waals surface area contributed by atoms with Crippen molar-refractivity contribution in [2.75, 3.05) is 0 Å². The number of sulfone groups is 1. The fourth-order valence-electron chi connectivity index (χ4n) is 1.74. The predicted molar refractivity (Wildman–Crippen MR) is 88.4 cm³/mol. The van der Waals surface area contributed by atoms with Gasteiger partial charge >= 0.3 is 8.26 Å². The van der Waals surface area contributed by atoms with Crippen molar-refractivity contribution in [3.8, 4) is 0 Å². The second-order valence-corrected chi connectivity index (χ2v) is 9.98. The molecule has 0 aliphatic heterocycles. The molecule has 0 saturated heterocycles. The van der Waals surface area contributed by atoms with E-state index >= 15 is 0 Å². The topological polar surface area (TPSA) is 68.3 Å². The Hall–Kier alpha value is -1.08. The maximum absolute atomic E-state index is 12.4. The van der Waals surface area contributed by atoms with E-state index in [-0.39, 0.29) is 0 Å². The zero-order chi connectivity index (χ0) is 17.0. The first-order valence-electron chi connectivity index (χ1n) is 6.04. The van der Waals surface area contributed by atoms with E-state index in [1.807, 2.05) is 26.0 Å². The summed E-state index contributed by atoms with van der Waals surface area (Å²) in [4.78, 5) is 0.734. The molecule has 0 bridgehead atoms. The van der Waals surface area contributed by atoms with Crippen molar-refractivity contribution in [1.82, 2.24) is 0 Å². The largest absolute Gasteiger partial charge is 0.317 e. The van der Waals surface area contributed by atoms with Crippen molar-refractivity contribution in [3.05, 3.63) is 59.7 Å². The van der Waals surface area contributed by atoms with Crippen molar-refractivity contribution in [1.29, 1.82) is 0 Å². The summed E-state index contributed by atoms with van der Waals surface area (Å²) in [6, 6.07) is 13.9. The predicted octanol–water partition coefficient (Wildman–Crippen LogP) is 3.85. The molecule has 0 saturated carbocycles. The average molecular weight is 381 g/mol. The second kappa shape index (κ2) is 7.46. The molecule has 8 heteroatoms. The van der Waals surface area contributed by atoms with Gasteiger partial charge in [0.05, 0.1) is 9.79 Å². The molecular formula is C14H14Cl2O4S2. The first-order valence-corrected chi connectivity index (χ1v) is 10.7. The molecule has 0 N–H and O–H groups in total. The van der Waals surface area contributed by atoms with Crippen LogP contribution in [-0.4, -0.2) is 16.8 Å². The summed E-state index contributed by atoms with van der Waals surface area (Å²) in [6.07, 6.45) is 0. The number of aryl methyl sites for hydroxylation is 1. The lowest BCUT2D eigenvalue weighted by molar-refractivity contribution is 0.595. The SMILES string of the molecule is Cc1cccc(S(=O)(=O)c2ccccc2)c1C.O=S(=O)(Cl)Cl. The number of benzene rings is 2. The third kappa shape index (κ3) is 5.61. The van der Waals surface area contributed by atoms with Crippen LogP contribution >= 0.6 is 21.4 Å². The summed E-state index contributed by atoms with van der Waals surface area (Å²) in [6.45, 7) is 3.75. The molecule has 0 aromatic heterocycles. The highest BCUT2D eigenvalue weighted by molar-refractivity contribution is 8.31. The quantitative estimate of drug-likeness (QED) is 0.741. The molecule has 22 heavy (non-hydrogen) atoms. The Balaban J connectivity index is 0.000000422. The summed E-state index contributed by atoms with van der Waals surface area (Å²) < 4.78 is 43.1. The van der Waals surface area contributed by atoms with Crippen LogP contribution in [0.1, 0.15) is 11.1 Å². The Morgan fingerprint density at radius 2 is 1.27 bits per heavy atom. The minimum Gasteiger partial charge on any atom is -0.219 e. The van der Waals surface area contributed by atoms with Gasteiger partial charge in [-0.15, -0.1) is 0 Å². The standard InChI is InChI=1S/C14H14O2S.Cl2O2S/c1-11-7-6-10-14(12(11)2)17(15,16)13-8-4-3-5-9-13;1-5(2,3)4/h3-10H,1-2H3;. The minimum absolute atomic E-state index is 0.341. The molecular weight excluding hydrogens is 367 g/mol. The van der Waals surface area contributed by atoms with Gasteiger partial charge in [-0.3, -0.25) is 0 Å². The molecule has 2 aromatic rings. The molecule has 0 aliphatic carbocycles. The summed E-state index contributed by atoms with van der Waals surface area (Å²) in [5, 5.41) is 0. The van der Waals surface area contributed by atoms with Gasteiger partial charge in [-0.25, -0.2) is 8.42 Å². The first kappa shape index (κ1) is 19.0. The van der Waals surface area contributed by atoms with Crippen LogP contribution in [0.3, 0.4) is 0 Å². The van der Waals surface area contributed by atoms with Gasteiger partial charge in [0.2, 0.25) is 9.84 Å². The molecule has 0 spiro atoms. The Morgan fingerprint density at radius 1 is 0.773 bits per heavy atom. The molecule has 4 nitrogen and oxygen atoms in total. The van der Waals surface area contributed by atoms with Gasteiger partial charge in [-0.2, -0.15) is 8.42 Å². The summed E-state index contributed by atoms with van der Waals surface area (Å²) >= 11 is 0. The number of rotatable bonds is 2. The lowest BCUT2D eigenvalue weighted by Crippen LogP contribution is -2.04. The lowest BCUT2D eigenvalue weighted by Gasteiger charge is -2.09. The highest BCUT2D eigenvalue weighted by Crippen LogP contribution is 2.25. The molecule has 0 aliphatic rings. The van der Waals surface area contributed by atoms with Crippen molar-refractivity contribution in [2.24, 2.45) is 0 Å². The van der Waals surface area contributed by atoms with Crippen molar-refractivity contribution < 1.29 is 16.8 Å². The molecule has 2 rings (SSSR count).